The standard InChI is InChI=1S/C14H19FN4O2/c1-10(20)17-9-14(21)19-6-4-18(5-7-19)13-3-2-11(16)8-12(13)15/h2-3,8H,4-7,9,16H2,1H3,(H,17,20). The molecule has 1 aliphatic heterocycles. The summed E-state index contributed by atoms with van der Waals surface area (Å²) in [5.74, 6) is -0.707. The quantitative estimate of drug-likeness (QED) is 0.780. The first kappa shape index (κ1) is 15.1. The third-order valence-electron chi connectivity index (χ3n) is 3.43. The first-order valence-corrected chi connectivity index (χ1v) is 6.79. The van der Waals surface area contributed by atoms with E-state index in [9.17, 15) is 14.0 Å². The van der Waals surface area contributed by atoms with Crippen LogP contribution in [0.5, 0.6) is 0 Å². The lowest BCUT2D eigenvalue weighted by Gasteiger charge is -2.36. The molecular formula is C14H19FN4O2. The molecule has 1 aromatic rings. The van der Waals surface area contributed by atoms with Gasteiger partial charge >= 0.3 is 0 Å². The number of amides is 2. The highest BCUT2D eigenvalue weighted by molar-refractivity contribution is 5.83. The first-order chi connectivity index (χ1) is 9.97. The van der Waals surface area contributed by atoms with E-state index in [1.165, 1.54) is 13.0 Å². The Morgan fingerprint density at radius 2 is 1.95 bits per heavy atom. The third kappa shape index (κ3) is 3.84. The van der Waals surface area contributed by atoms with Gasteiger partial charge < -0.3 is 20.9 Å². The van der Waals surface area contributed by atoms with Gasteiger partial charge in [0, 0.05) is 38.8 Å². The molecule has 1 saturated heterocycles. The molecule has 0 radical (unpaired) electrons. The van der Waals surface area contributed by atoms with E-state index in [-0.39, 0.29) is 24.2 Å². The van der Waals surface area contributed by atoms with Crippen molar-refractivity contribution in [3.63, 3.8) is 0 Å². The van der Waals surface area contributed by atoms with Crippen LogP contribution in [-0.4, -0.2) is 49.4 Å². The van der Waals surface area contributed by atoms with E-state index in [1.807, 2.05) is 4.90 Å². The Labute approximate surface area is 122 Å². The summed E-state index contributed by atoms with van der Waals surface area (Å²) in [7, 11) is 0. The number of nitrogen functional groups attached to an aromatic ring is 1. The van der Waals surface area contributed by atoms with Crippen molar-refractivity contribution in [2.75, 3.05) is 43.4 Å². The topological polar surface area (TPSA) is 78.7 Å². The highest BCUT2D eigenvalue weighted by Gasteiger charge is 2.22. The molecule has 1 aromatic carbocycles. The number of carbonyl (C=O) groups is 2. The van der Waals surface area contributed by atoms with Crippen molar-refractivity contribution in [1.82, 2.24) is 10.2 Å². The Balaban J connectivity index is 1.91. The summed E-state index contributed by atoms with van der Waals surface area (Å²) in [6.45, 7) is 3.48. The number of rotatable bonds is 3. The van der Waals surface area contributed by atoms with Gasteiger partial charge in [-0.25, -0.2) is 4.39 Å². The number of piperazine rings is 1. The molecule has 1 fully saturated rings. The van der Waals surface area contributed by atoms with Crippen LogP contribution in [-0.2, 0) is 9.59 Å². The number of benzene rings is 1. The van der Waals surface area contributed by atoms with Gasteiger partial charge in [-0.2, -0.15) is 0 Å². The summed E-state index contributed by atoms with van der Waals surface area (Å²) in [6.07, 6.45) is 0. The molecule has 114 valence electrons. The van der Waals surface area contributed by atoms with Gasteiger partial charge in [-0.3, -0.25) is 9.59 Å². The zero-order valence-corrected chi connectivity index (χ0v) is 11.9. The molecule has 3 N–H and O–H groups in total. The Kier molecular flexibility index (Phi) is 4.62. The van der Waals surface area contributed by atoms with Crippen molar-refractivity contribution in [3.8, 4) is 0 Å². The van der Waals surface area contributed by atoms with Gasteiger partial charge in [-0.1, -0.05) is 0 Å². The average molecular weight is 294 g/mol. The van der Waals surface area contributed by atoms with Crippen molar-refractivity contribution in [2.24, 2.45) is 0 Å². The highest BCUT2D eigenvalue weighted by Crippen LogP contribution is 2.22. The van der Waals surface area contributed by atoms with E-state index in [4.69, 9.17) is 5.73 Å². The Morgan fingerprint density at radius 1 is 1.29 bits per heavy atom. The van der Waals surface area contributed by atoms with Crippen LogP contribution in [0, 0.1) is 5.82 Å². The van der Waals surface area contributed by atoms with Crippen LogP contribution < -0.4 is 16.0 Å². The molecule has 0 unspecified atom stereocenters. The largest absolute Gasteiger partial charge is 0.399 e. The molecule has 0 saturated carbocycles. The van der Waals surface area contributed by atoms with Crippen LogP contribution in [0.15, 0.2) is 18.2 Å². The summed E-state index contributed by atoms with van der Waals surface area (Å²) in [5, 5.41) is 2.48. The molecule has 1 heterocycles. The molecule has 21 heavy (non-hydrogen) atoms. The summed E-state index contributed by atoms with van der Waals surface area (Å²) in [5.41, 5.74) is 6.42. The zero-order valence-electron chi connectivity index (χ0n) is 11.9. The van der Waals surface area contributed by atoms with Gasteiger partial charge in [-0.05, 0) is 18.2 Å². The number of hydrogen-bond donors (Lipinski definition) is 2. The number of hydrogen-bond acceptors (Lipinski definition) is 4. The summed E-state index contributed by atoms with van der Waals surface area (Å²) in [4.78, 5) is 26.2. The Morgan fingerprint density at radius 3 is 2.52 bits per heavy atom. The number of anilines is 2. The fraction of sp³-hybridized carbons (Fsp3) is 0.429. The molecule has 1 aliphatic rings. The molecule has 2 amide bonds. The monoisotopic (exact) mass is 294 g/mol. The SMILES string of the molecule is CC(=O)NCC(=O)N1CCN(c2ccc(N)cc2F)CC1. The van der Waals surface area contributed by atoms with Crippen LogP contribution in [0.4, 0.5) is 15.8 Å². The first-order valence-electron chi connectivity index (χ1n) is 6.79. The maximum Gasteiger partial charge on any atom is 0.242 e. The van der Waals surface area contributed by atoms with Gasteiger partial charge in [0.15, 0.2) is 0 Å². The lowest BCUT2D eigenvalue weighted by atomic mass is 10.2. The maximum absolute atomic E-state index is 13.9. The van der Waals surface area contributed by atoms with E-state index >= 15 is 0 Å². The lowest BCUT2D eigenvalue weighted by Crippen LogP contribution is -2.51. The van der Waals surface area contributed by atoms with Crippen LogP contribution >= 0.6 is 0 Å². The van der Waals surface area contributed by atoms with Gasteiger partial charge in [-0.15, -0.1) is 0 Å². The number of carbonyl (C=O) groups excluding carboxylic acids is 2. The van der Waals surface area contributed by atoms with Crippen molar-refractivity contribution >= 4 is 23.2 Å². The molecule has 0 atom stereocenters. The van der Waals surface area contributed by atoms with Gasteiger partial charge in [0.2, 0.25) is 11.8 Å². The summed E-state index contributed by atoms with van der Waals surface area (Å²) in [6, 6.07) is 4.61. The van der Waals surface area contributed by atoms with Gasteiger partial charge in [0.1, 0.15) is 5.82 Å². The Bertz CT molecular complexity index is 542. The predicted molar refractivity (Wildman–Crippen MR) is 78.3 cm³/mol. The third-order valence-corrected chi connectivity index (χ3v) is 3.43. The van der Waals surface area contributed by atoms with Crippen molar-refractivity contribution < 1.29 is 14.0 Å². The normalized spacial score (nSPS) is 15.0. The fourth-order valence-electron chi connectivity index (χ4n) is 2.29. The van der Waals surface area contributed by atoms with Crippen LogP contribution in [0.25, 0.3) is 0 Å². The fourth-order valence-corrected chi connectivity index (χ4v) is 2.29. The van der Waals surface area contributed by atoms with E-state index < -0.39 is 0 Å². The molecule has 0 spiro atoms. The number of nitrogens with two attached hydrogens (primary N) is 1. The predicted octanol–water partition coefficient (Wildman–Crippen LogP) is 0.193. The number of halogens is 1. The second-order valence-corrected chi connectivity index (χ2v) is 4.99. The average Bonchev–Trinajstić information content (AvgIpc) is 2.45. The lowest BCUT2D eigenvalue weighted by molar-refractivity contribution is -0.132. The molecule has 2 rings (SSSR count). The van der Waals surface area contributed by atoms with Crippen molar-refractivity contribution in [3.05, 3.63) is 24.0 Å². The second kappa shape index (κ2) is 6.43. The summed E-state index contributed by atoms with van der Waals surface area (Å²) < 4.78 is 13.9. The Hall–Kier alpha value is -2.31. The number of nitrogens with zero attached hydrogens (tertiary/aromatic N) is 2. The maximum atomic E-state index is 13.9. The minimum absolute atomic E-state index is 0.00552. The molecular weight excluding hydrogens is 275 g/mol. The highest BCUT2D eigenvalue weighted by atomic mass is 19.1. The van der Waals surface area contributed by atoms with Gasteiger partial charge in [0.05, 0.1) is 12.2 Å². The minimum Gasteiger partial charge on any atom is -0.399 e. The molecule has 0 bridgehead atoms. The van der Waals surface area contributed by atoms with Crippen LogP contribution in [0.2, 0.25) is 0 Å². The molecule has 6 nitrogen and oxygen atoms in total. The van der Waals surface area contributed by atoms with Crippen molar-refractivity contribution in [1.29, 1.82) is 0 Å². The second-order valence-electron chi connectivity index (χ2n) is 4.99. The number of nitrogens with one attached hydrogen (secondary N) is 1. The molecule has 7 heteroatoms. The molecule has 0 aliphatic carbocycles. The van der Waals surface area contributed by atoms with E-state index in [0.717, 1.165) is 0 Å². The minimum atomic E-state index is -0.354. The van der Waals surface area contributed by atoms with E-state index in [2.05, 4.69) is 5.32 Å². The van der Waals surface area contributed by atoms with Crippen molar-refractivity contribution in [2.45, 2.75) is 6.92 Å². The van der Waals surface area contributed by atoms with Crippen LogP contribution in [0.1, 0.15) is 6.92 Å². The van der Waals surface area contributed by atoms with E-state index in [0.29, 0.717) is 37.6 Å². The smallest absolute Gasteiger partial charge is 0.242 e. The molecule has 0 aromatic heterocycles. The summed E-state index contributed by atoms with van der Waals surface area (Å²) >= 11 is 0. The van der Waals surface area contributed by atoms with Crippen LogP contribution in [0.3, 0.4) is 0 Å². The zero-order chi connectivity index (χ0) is 15.4. The van der Waals surface area contributed by atoms with E-state index in [1.54, 1.807) is 17.0 Å². The van der Waals surface area contributed by atoms with Gasteiger partial charge in [0.25, 0.3) is 0 Å².